The van der Waals surface area contributed by atoms with Crippen LogP contribution in [0.3, 0.4) is 0 Å². The van der Waals surface area contributed by atoms with Gasteiger partial charge in [0.2, 0.25) is 0 Å². The summed E-state index contributed by atoms with van der Waals surface area (Å²) in [5.74, 6) is -0.676. The monoisotopic (exact) mass is 299 g/mol. The van der Waals surface area contributed by atoms with Crippen LogP contribution in [0.1, 0.15) is 16.7 Å². The molecule has 0 aliphatic heterocycles. The third-order valence-corrected chi connectivity index (χ3v) is 3.20. The van der Waals surface area contributed by atoms with Crippen molar-refractivity contribution in [1.29, 1.82) is 0 Å². The summed E-state index contributed by atoms with van der Waals surface area (Å²) in [6.07, 6.45) is 1.28. The zero-order valence-electron chi connectivity index (χ0n) is 12.6. The molecule has 0 saturated heterocycles. The van der Waals surface area contributed by atoms with Crippen LogP contribution < -0.4 is 10.7 Å². The van der Waals surface area contributed by atoms with Crippen LogP contribution in [0.5, 0.6) is 0 Å². The molecule has 0 aliphatic carbocycles. The number of hydrogen-bond donors (Lipinski definition) is 2. The predicted octanol–water partition coefficient (Wildman–Crippen LogP) is 3.00. The summed E-state index contributed by atoms with van der Waals surface area (Å²) in [6.45, 7) is 4.05. The molecule has 2 rings (SSSR count). The van der Waals surface area contributed by atoms with Crippen LogP contribution in [0.15, 0.2) is 47.6 Å². The maximum absolute atomic E-state index is 13.4. The first kappa shape index (κ1) is 15.7. The molecule has 0 saturated carbocycles. The van der Waals surface area contributed by atoms with Gasteiger partial charge in [0, 0.05) is 11.3 Å². The van der Waals surface area contributed by atoms with E-state index in [9.17, 15) is 9.18 Å². The predicted molar refractivity (Wildman–Crippen MR) is 86.5 cm³/mol. The number of anilines is 1. The first-order chi connectivity index (χ1) is 10.6. The van der Waals surface area contributed by atoms with Crippen LogP contribution in [-0.4, -0.2) is 18.7 Å². The molecule has 0 spiro atoms. The van der Waals surface area contributed by atoms with Crippen molar-refractivity contribution in [3.63, 3.8) is 0 Å². The van der Waals surface area contributed by atoms with Gasteiger partial charge in [-0.3, -0.25) is 4.79 Å². The van der Waals surface area contributed by atoms with Crippen LogP contribution >= 0.6 is 0 Å². The van der Waals surface area contributed by atoms with Crippen LogP contribution in [0, 0.1) is 19.7 Å². The van der Waals surface area contributed by atoms with Crippen molar-refractivity contribution in [3.05, 3.63) is 65.0 Å². The minimum Gasteiger partial charge on any atom is -0.376 e. The number of aryl methyl sites for hydroxylation is 2. The lowest BCUT2D eigenvalue weighted by Crippen LogP contribution is -2.26. The summed E-state index contributed by atoms with van der Waals surface area (Å²) >= 11 is 0. The van der Waals surface area contributed by atoms with Gasteiger partial charge < -0.3 is 5.32 Å². The van der Waals surface area contributed by atoms with E-state index in [4.69, 9.17) is 0 Å². The molecule has 2 aromatic rings. The van der Waals surface area contributed by atoms with E-state index in [1.165, 1.54) is 12.3 Å². The maximum atomic E-state index is 13.4. The number of hydrazone groups is 1. The number of nitrogens with zero attached hydrogens (tertiary/aromatic N) is 1. The largest absolute Gasteiger partial charge is 0.376 e. The van der Waals surface area contributed by atoms with Gasteiger partial charge in [-0.25, -0.2) is 9.82 Å². The molecule has 1 amide bonds. The molecule has 0 heterocycles. The highest BCUT2D eigenvalue weighted by atomic mass is 19.1. The fourth-order valence-electron chi connectivity index (χ4n) is 2.06. The molecule has 0 radical (unpaired) electrons. The second-order valence-electron chi connectivity index (χ2n) is 4.94. The third-order valence-electron chi connectivity index (χ3n) is 3.20. The molecular weight excluding hydrogens is 281 g/mol. The molecule has 5 heteroatoms. The standard InChI is InChI=1S/C17H18FN3O/c1-12-6-5-7-13(2)17(12)19-11-16(22)21-20-10-14-8-3-4-9-15(14)18/h3-10,19H,11H2,1-2H3,(H,21,22)/b20-10-. The van der Waals surface area contributed by atoms with Crippen LogP contribution in [0.4, 0.5) is 10.1 Å². The summed E-state index contributed by atoms with van der Waals surface area (Å²) in [5.41, 5.74) is 5.78. The van der Waals surface area contributed by atoms with Gasteiger partial charge in [-0.05, 0) is 31.0 Å². The Morgan fingerprint density at radius 2 is 1.82 bits per heavy atom. The third kappa shape index (κ3) is 4.15. The molecular formula is C17H18FN3O. The highest BCUT2D eigenvalue weighted by Gasteiger charge is 2.04. The smallest absolute Gasteiger partial charge is 0.259 e. The number of carbonyl (C=O) groups is 1. The molecule has 0 fully saturated rings. The quantitative estimate of drug-likeness (QED) is 0.658. The number of para-hydroxylation sites is 1. The molecule has 2 aromatic carbocycles. The van der Waals surface area contributed by atoms with Gasteiger partial charge in [0.25, 0.3) is 5.91 Å². The Bertz CT molecular complexity index is 678. The molecule has 0 unspecified atom stereocenters. The minimum absolute atomic E-state index is 0.0975. The average Bonchev–Trinajstić information content (AvgIpc) is 2.49. The Morgan fingerprint density at radius 3 is 2.50 bits per heavy atom. The maximum Gasteiger partial charge on any atom is 0.259 e. The highest BCUT2D eigenvalue weighted by Crippen LogP contribution is 2.18. The first-order valence-corrected chi connectivity index (χ1v) is 6.94. The zero-order chi connectivity index (χ0) is 15.9. The summed E-state index contributed by atoms with van der Waals surface area (Å²) in [6, 6.07) is 12.1. The van der Waals surface area contributed by atoms with Gasteiger partial charge in [0.05, 0.1) is 12.8 Å². The van der Waals surface area contributed by atoms with E-state index < -0.39 is 0 Å². The second kappa shape index (κ2) is 7.36. The fourth-order valence-corrected chi connectivity index (χ4v) is 2.06. The molecule has 0 aromatic heterocycles. The summed E-state index contributed by atoms with van der Waals surface area (Å²) in [7, 11) is 0. The average molecular weight is 299 g/mol. The van der Waals surface area contributed by atoms with Crippen LogP contribution in [-0.2, 0) is 4.79 Å². The Balaban J connectivity index is 1.88. The Kier molecular flexibility index (Phi) is 5.25. The van der Waals surface area contributed by atoms with Crippen molar-refractivity contribution in [2.75, 3.05) is 11.9 Å². The van der Waals surface area contributed by atoms with Gasteiger partial charge >= 0.3 is 0 Å². The Hall–Kier alpha value is -2.69. The SMILES string of the molecule is Cc1cccc(C)c1NCC(=O)N/N=C\c1ccccc1F. The number of carbonyl (C=O) groups excluding carboxylic acids is 1. The summed E-state index contributed by atoms with van der Waals surface area (Å²) < 4.78 is 13.4. The van der Waals surface area contributed by atoms with E-state index in [1.54, 1.807) is 18.2 Å². The van der Waals surface area contributed by atoms with E-state index >= 15 is 0 Å². The zero-order valence-corrected chi connectivity index (χ0v) is 12.6. The molecule has 22 heavy (non-hydrogen) atoms. The van der Waals surface area contributed by atoms with E-state index in [1.807, 2.05) is 32.0 Å². The van der Waals surface area contributed by atoms with Crippen molar-refractivity contribution in [3.8, 4) is 0 Å². The molecule has 2 N–H and O–H groups in total. The molecule has 4 nitrogen and oxygen atoms in total. The van der Waals surface area contributed by atoms with Gasteiger partial charge in [0.1, 0.15) is 5.82 Å². The molecule has 0 aliphatic rings. The lowest BCUT2D eigenvalue weighted by molar-refractivity contribution is -0.119. The normalized spacial score (nSPS) is 10.7. The van der Waals surface area contributed by atoms with E-state index in [2.05, 4.69) is 15.8 Å². The van der Waals surface area contributed by atoms with E-state index in [0.29, 0.717) is 5.56 Å². The fraction of sp³-hybridized carbons (Fsp3) is 0.176. The lowest BCUT2D eigenvalue weighted by atomic mass is 10.1. The molecule has 0 atom stereocenters. The van der Waals surface area contributed by atoms with Crippen molar-refractivity contribution in [1.82, 2.24) is 5.43 Å². The number of benzene rings is 2. The van der Waals surface area contributed by atoms with Gasteiger partial charge in [-0.15, -0.1) is 0 Å². The summed E-state index contributed by atoms with van der Waals surface area (Å²) in [5, 5.41) is 6.84. The van der Waals surface area contributed by atoms with E-state index in [-0.39, 0.29) is 18.3 Å². The lowest BCUT2D eigenvalue weighted by Gasteiger charge is -2.11. The van der Waals surface area contributed by atoms with Crippen LogP contribution in [0.25, 0.3) is 0 Å². The topological polar surface area (TPSA) is 53.5 Å². The summed E-state index contributed by atoms with van der Waals surface area (Å²) in [4.78, 5) is 11.7. The number of hydrogen-bond acceptors (Lipinski definition) is 3. The number of amides is 1. The Labute approximate surface area is 129 Å². The van der Waals surface area contributed by atoms with E-state index in [0.717, 1.165) is 16.8 Å². The van der Waals surface area contributed by atoms with Crippen molar-refractivity contribution in [2.45, 2.75) is 13.8 Å². The number of rotatable bonds is 5. The molecule has 0 bridgehead atoms. The first-order valence-electron chi connectivity index (χ1n) is 6.94. The second-order valence-corrected chi connectivity index (χ2v) is 4.94. The Morgan fingerprint density at radius 1 is 1.14 bits per heavy atom. The number of nitrogens with one attached hydrogen (secondary N) is 2. The van der Waals surface area contributed by atoms with Gasteiger partial charge in [-0.2, -0.15) is 5.10 Å². The highest BCUT2D eigenvalue weighted by molar-refractivity contribution is 5.84. The van der Waals surface area contributed by atoms with Crippen molar-refractivity contribution < 1.29 is 9.18 Å². The van der Waals surface area contributed by atoms with Crippen LogP contribution in [0.2, 0.25) is 0 Å². The van der Waals surface area contributed by atoms with Crippen molar-refractivity contribution in [2.24, 2.45) is 5.10 Å². The van der Waals surface area contributed by atoms with Gasteiger partial charge in [-0.1, -0.05) is 36.4 Å². The van der Waals surface area contributed by atoms with Gasteiger partial charge in [0.15, 0.2) is 0 Å². The molecule has 114 valence electrons. The van der Waals surface area contributed by atoms with Crippen molar-refractivity contribution >= 4 is 17.8 Å². The minimum atomic E-state index is -0.380. The number of halogens is 1.